The summed E-state index contributed by atoms with van der Waals surface area (Å²) in [5.41, 5.74) is 7.67. The van der Waals surface area contributed by atoms with Gasteiger partial charge in [0.15, 0.2) is 5.65 Å². The highest BCUT2D eigenvalue weighted by Gasteiger charge is 2.28. The molecule has 0 amide bonds. The summed E-state index contributed by atoms with van der Waals surface area (Å²) in [7, 11) is 0. The second-order valence-electron chi connectivity index (χ2n) is 7.26. The van der Waals surface area contributed by atoms with E-state index in [-0.39, 0.29) is 18.0 Å². The van der Waals surface area contributed by atoms with Gasteiger partial charge in [-0.05, 0) is 46.0 Å². The van der Waals surface area contributed by atoms with Crippen molar-refractivity contribution in [3.8, 4) is 0 Å². The standard InChI is InChI=1S/C18H28N6O/c1-4-5-15(25)12-6-8-13(9-7-12)24-16-14(22-17(24)19)10-20-18(23-16)21-11(2)3/h10-13H,4-9H2,1-3H3,(H2,19,22)(H,20,21,23)/t12-,13+. The second-order valence-corrected chi connectivity index (χ2v) is 7.26. The maximum absolute atomic E-state index is 12.1. The molecular weight excluding hydrogens is 316 g/mol. The topological polar surface area (TPSA) is 98.7 Å². The lowest BCUT2D eigenvalue weighted by atomic mass is 9.82. The molecule has 1 aliphatic rings. The van der Waals surface area contributed by atoms with Gasteiger partial charge in [-0.3, -0.25) is 9.36 Å². The van der Waals surface area contributed by atoms with Crippen LogP contribution in [0.5, 0.6) is 0 Å². The Hall–Kier alpha value is -2.18. The maximum atomic E-state index is 12.1. The van der Waals surface area contributed by atoms with Crippen LogP contribution in [0.4, 0.5) is 11.9 Å². The molecule has 1 aliphatic carbocycles. The van der Waals surface area contributed by atoms with Gasteiger partial charge >= 0.3 is 0 Å². The molecule has 1 saturated carbocycles. The highest BCUT2D eigenvalue weighted by atomic mass is 16.1. The van der Waals surface area contributed by atoms with E-state index in [1.165, 1.54) is 0 Å². The van der Waals surface area contributed by atoms with Crippen LogP contribution in [0.3, 0.4) is 0 Å². The summed E-state index contributed by atoms with van der Waals surface area (Å²) >= 11 is 0. The Balaban J connectivity index is 1.81. The van der Waals surface area contributed by atoms with Crippen LogP contribution in [0.2, 0.25) is 0 Å². The first-order valence-corrected chi connectivity index (χ1v) is 9.29. The number of carbonyl (C=O) groups excluding carboxylic acids is 1. The number of anilines is 2. The molecule has 2 heterocycles. The Bertz CT molecular complexity index is 745. The Morgan fingerprint density at radius 1 is 1.32 bits per heavy atom. The SMILES string of the molecule is CCCC(=O)[C@H]1CC[C@@H](n2c(N)nc3cnc(NC(C)C)nc32)CC1. The molecule has 2 aromatic heterocycles. The van der Waals surface area contributed by atoms with Crippen molar-refractivity contribution >= 4 is 28.8 Å². The fourth-order valence-electron chi connectivity index (χ4n) is 3.70. The molecule has 0 unspecified atom stereocenters. The number of carbonyl (C=O) groups is 1. The Morgan fingerprint density at radius 3 is 2.68 bits per heavy atom. The predicted molar refractivity (Wildman–Crippen MR) is 99.4 cm³/mol. The minimum atomic E-state index is 0.208. The fraction of sp³-hybridized carbons (Fsp3) is 0.667. The maximum Gasteiger partial charge on any atom is 0.224 e. The summed E-state index contributed by atoms with van der Waals surface area (Å²) in [5, 5.41) is 3.22. The van der Waals surface area contributed by atoms with Crippen LogP contribution < -0.4 is 11.1 Å². The second kappa shape index (κ2) is 7.37. The molecule has 0 bridgehead atoms. The molecule has 0 aliphatic heterocycles. The number of nitrogens with two attached hydrogens (primary N) is 1. The molecule has 25 heavy (non-hydrogen) atoms. The molecule has 0 spiro atoms. The van der Waals surface area contributed by atoms with Crippen molar-refractivity contribution in [1.29, 1.82) is 0 Å². The first-order chi connectivity index (χ1) is 12.0. The van der Waals surface area contributed by atoms with Crippen LogP contribution >= 0.6 is 0 Å². The van der Waals surface area contributed by atoms with E-state index in [1.54, 1.807) is 6.20 Å². The third-order valence-electron chi connectivity index (χ3n) is 4.89. The third-order valence-corrected chi connectivity index (χ3v) is 4.89. The Kier molecular flexibility index (Phi) is 5.20. The van der Waals surface area contributed by atoms with Gasteiger partial charge in [-0.2, -0.15) is 4.98 Å². The molecule has 136 valence electrons. The lowest BCUT2D eigenvalue weighted by molar-refractivity contribution is -0.124. The monoisotopic (exact) mass is 344 g/mol. The van der Waals surface area contributed by atoms with Gasteiger partial charge in [-0.15, -0.1) is 0 Å². The minimum Gasteiger partial charge on any atom is -0.369 e. The summed E-state index contributed by atoms with van der Waals surface area (Å²) in [6.45, 7) is 6.16. The van der Waals surface area contributed by atoms with Gasteiger partial charge in [0.1, 0.15) is 11.3 Å². The number of ketones is 1. The van der Waals surface area contributed by atoms with Crippen molar-refractivity contribution in [2.45, 2.75) is 71.4 Å². The summed E-state index contributed by atoms with van der Waals surface area (Å²) in [6.07, 6.45) is 7.06. The van der Waals surface area contributed by atoms with Crippen molar-refractivity contribution in [2.75, 3.05) is 11.1 Å². The van der Waals surface area contributed by atoms with Crippen LogP contribution in [0.25, 0.3) is 11.2 Å². The van der Waals surface area contributed by atoms with E-state index < -0.39 is 0 Å². The number of rotatable bonds is 6. The number of hydrogen-bond acceptors (Lipinski definition) is 6. The van der Waals surface area contributed by atoms with Crippen molar-refractivity contribution in [2.24, 2.45) is 5.92 Å². The summed E-state index contributed by atoms with van der Waals surface area (Å²) in [6, 6.07) is 0.503. The molecule has 0 radical (unpaired) electrons. The number of nitrogen functional groups attached to an aromatic ring is 1. The number of hydrogen-bond donors (Lipinski definition) is 2. The highest BCUT2D eigenvalue weighted by Crippen LogP contribution is 2.36. The number of nitrogens with zero attached hydrogens (tertiary/aromatic N) is 4. The van der Waals surface area contributed by atoms with E-state index in [9.17, 15) is 4.79 Å². The normalized spacial score (nSPS) is 21.0. The van der Waals surface area contributed by atoms with E-state index in [0.717, 1.165) is 43.3 Å². The largest absolute Gasteiger partial charge is 0.369 e. The van der Waals surface area contributed by atoms with Crippen molar-refractivity contribution < 1.29 is 4.79 Å². The number of nitrogens with one attached hydrogen (secondary N) is 1. The van der Waals surface area contributed by atoms with Crippen molar-refractivity contribution in [3.63, 3.8) is 0 Å². The quantitative estimate of drug-likeness (QED) is 0.834. The van der Waals surface area contributed by atoms with E-state index in [0.29, 0.717) is 24.1 Å². The Morgan fingerprint density at radius 2 is 2.04 bits per heavy atom. The zero-order valence-electron chi connectivity index (χ0n) is 15.3. The number of fused-ring (bicyclic) bond motifs is 1. The average Bonchev–Trinajstić information content (AvgIpc) is 2.90. The summed E-state index contributed by atoms with van der Waals surface area (Å²) < 4.78 is 2.03. The molecule has 0 saturated heterocycles. The predicted octanol–water partition coefficient (Wildman–Crippen LogP) is 3.33. The first-order valence-electron chi connectivity index (χ1n) is 9.29. The molecule has 7 heteroatoms. The van der Waals surface area contributed by atoms with Crippen LogP contribution in [0.15, 0.2) is 6.20 Å². The van der Waals surface area contributed by atoms with Crippen LogP contribution in [0.1, 0.15) is 65.3 Å². The molecule has 7 nitrogen and oxygen atoms in total. The number of imidazole rings is 1. The average molecular weight is 344 g/mol. The summed E-state index contributed by atoms with van der Waals surface area (Å²) in [4.78, 5) is 25.5. The Labute approximate surface area is 148 Å². The first kappa shape index (κ1) is 17.6. The van der Waals surface area contributed by atoms with E-state index in [4.69, 9.17) is 5.73 Å². The van der Waals surface area contributed by atoms with Gasteiger partial charge in [0.05, 0.1) is 6.20 Å². The van der Waals surface area contributed by atoms with Crippen molar-refractivity contribution in [3.05, 3.63) is 6.20 Å². The van der Waals surface area contributed by atoms with Crippen LogP contribution in [-0.2, 0) is 4.79 Å². The van der Waals surface area contributed by atoms with E-state index in [2.05, 4.69) is 27.2 Å². The minimum absolute atomic E-state index is 0.208. The lowest BCUT2D eigenvalue weighted by Crippen LogP contribution is -2.24. The zero-order valence-corrected chi connectivity index (χ0v) is 15.3. The van der Waals surface area contributed by atoms with Gasteiger partial charge in [0, 0.05) is 24.4 Å². The van der Waals surface area contributed by atoms with Crippen LogP contribution in [0, 0.1) is 5.92 Å². The molecular formula is C18H28N6O. The molecule has 2 aromatic rings. The van der Waals surface area contributed by atoms with E-state index >= 15 is 0 Å². The number of aromatic nitrogens is 4. The number of Topliss-reactive ketones (excluding diaryl/α,β-unsaturated/α-hetero) is 1. The third kappa shape index (κ3) is 3.75. The van der Waals surface area contributed by atoms with Crippen molar-refractivity contribution in [1.82, 2.24) is 19.5 Å². The molecule has 1 fully saturated rings. The fourth-order valence-corrected chi connectivity index (χ4v) is 3.70. The van der Waals surface area contributed by atoms with Gasteiger partial charge in [0.2, 0.25) is 11.9 Å². The van der Waals surface area contributed by atoms with E-state index in [1.807, 2.05) is 18.4 Å². The van der Waals surface area contributed by atoms with Crippen LogP contribution in [-0.4, -0.2) is 31.3 Å². The van der Waals surface area contributed by atoms with Gasteiger partial charge < -0.3 is 11.1 Å². The summed E-state index contributed by atoms with van der Waals surface area (Å²) in [5.74, 6) is 1.69. The van der Waals surface area contributed by atoms with Gasteiger partial charge in [0.25, 0.3) is 0 Å². The molecule has 3 rings (SSSR count). The highest BCUT2D eigenvalue weighted by molar-refractivity contribution is 5.81. The lowest BCUT2D eigenvalue weighted by Gasteiger charge is -2.29. The molecule has 0 aromatic carbocycles. The van der Waals surface area contributed by atoms with Gasteiger partial charge in [-0.25, -0.2) is 9.97 Å². The molecule has 3 N–H and O–H groups in total. The smallest absolute Gasteiger partial charge is 0.224 e. The molecule has 0 atom stereocenters. The van der Waals surface area contributed by atoms with Gasteiger partial charge in [-0.1, -0.05) is 6.92 Å². The zero-order chi connectivity index (χ0) is 18.0.